The molecule has 2 aliphatic carbocycles. The van der Waals surface area contributed by atoms with Crippen molar-refractivity contribution in [2.24, 2.45) is 11.8 Å². The van der Waals surface area contributed by atoms with Crippen molar-refractivity contribution in [3.63, 3.8) is 0 Å². The molecule has 2 saturated carbocycles. The van der Waals surface area contributed by atoms with Gasteiger partial charge >= 0.3 is 0 Å². The van der Waals surface area contributed by atoms with Gasteiger partial charge in [0.25, 0.3) is 0 Å². The Hall–Kier alpha value is -0.120. The van der Waals surface area contributed by atoms with Crippen molar-refractivity contribution in [2.45, 2.75) is 51.9 Å². The Morgan fingerprint density at radius 2 is 1.88 bits per heavy atom. The van der Waals surface area contributed by atoms with E-state index in [1.54, 1.807) is 0 Å². The zero-order valence-corrected chi connectivity index (χ0v) is 10.6. The SMILES string of the molecule is CCOC(CNC1CC2CCC1C2)OCC. The number of rotatable bonds is 7. The lowest BCUT2D eigenvalue weighted by Gasteiger charge is -2.25. The van der Waals surface area contributed by atoms with Gasteiger partial charge < -0.3 is 14.8 Å². The topological polar surface area (TPSA) is 30.5 Å². The molecule has 2 rings (SSSR count). The summed E-state index contributed by atoms with van der Waals surface area (Å²) >= 11 is 0. The summed E-state index contributed by atoms with van der Waals surface area (Å²) in [6.07, 6.45) is 5.65. The standard InChI is InChI=1S/C13H25NO2/c1-3-15-13(16-4-2)9-14-12-8-10-5-6-11(12)7-10/h10-14H,3-9H2,1-2H3. The zero-order chi connectivity index (χ0) is 11.4. The van der Waals surface area contributed by atoms with E-state index in [1.165, 1.54) is 25.7 Å². The highest BCUT2D eigenvalue weighted by atomic mass is 16.7. The van der Waals surface area contributed by atoms with E-state index < -0.39 is 0 Å². The van der Waals surface area contributed by atoms with Crippen LogP contribution in [0.15, 0.2) is 0 Å². The van der Waals surface area contributed by atoms with E-state index in [-0.39, 0.29) is 6.29 Å². The van der Waals surface area contributed by atoms with Crippen molar-refractivity contribution in [3.8, 4) is 0 Å². The smallest absolute Gasteiger partial charge is 0.169 e. The van der Waals surface area contributed by atoms with Crippen LogP contribution in [0.25, 0.3) is 0 Å². The van der Waals surface area contributed by atoms with E-state index in [2.05, 4.69) is 5.32 Å². The first-order chi connectivity index (χ1) is 7.83. The average molecular weight is 227 g/mol. The Morgan fingerprint density at radius 1 is 1.12 bits per heavy atom. The van der Waals surface area contributed by atoms with Crippen molar-refractivity contribution in [3.05, 3.63) is 0 Å². The van der Waals surface area contributed by atoms with Crippen molar-refractivity contribution in [1.29, 1.82) is 0 Å². The largest absolute Gasteiger partial charge is 0.352 e. The van der Waals surface area contributed by atoms with Crippen LogP contribution in [0.5, 0.6) is 0 Å². The summed E-state index contributed by atoms with van der Waals surface area (Å²) in [6, 6.07) is 0.724. The van der Waals surface area contributed by atoms with Gasteiger partial charge in [0.15, 0.2) is 6.29 Å². The molecule has 3 unspecified atom stereocenters. The molecule has 2 fully saturated rings. The molecule has 0 aromatic rings. The predicted molar refractivity (Wildman–Crippen MR) is 64.3 cm³/mol. The fourth-order valence-electron chi connectivity index (χ4n) is 3.28. The molecule has 0 aromatic heterocycles. The van der Waals surface area contributed by atoms with Gasteiger partial charge in [0.2, 0.25) is 0 Å². The highest BCUT2D eigenvalue weighted by molar-refractivity contribution is 4.94. The summed E-state index contributed by atoms with van der Waals surface area (Å²) in [4.78, 5) is 0. The first-order valence-corrected chi connectivity index (χ1v) is 6.80. The molecular formula is C13H25NO2. The maximum absolute atomic E-state index is 5.54. The Labute approximate surface area is 98.9 Å². The molecule has 3 nitrogen and oxygen atoms in total. The van der Waals surface area contributed by atoms with Crippen LogP contribution in [-0.4, -0.2) is 32.1 Å². The van der Waals surface area contributed by atoms with Crippen molar-refractivity contribution >= 4 is 0 Å². The number of hydrogen-bond acceptors (Lipinski definition) is 3. The van der Waals surface area contributed by atoms with E-state index in [1.807, 2.05) is 13.8 Å². The van der Waals surface area contributed by atoms with E-state index in [0.717, 1.165) is 37.6 Å². The van der Waals surface area contributed by atoms with Crippen molar-refractivity contribution in [1.82, 2.24) is 5.32 Å². The van der Waals surface area contributed by atoms with E-state index in [9.17, 15) is 0 Å². The minimum atomic E-state index is -0.0610. The Morgan fingerprint density at radius 3 is 2.38 bits per heavy atom. The molecule has 0 aromatic carbocycles. The molecule has 1 N–H and O–H groups in total. The molecule has 2 aliphatic rings. The van der Waals surface area contributed by atoms with Crippen molar-refractivity contribution in [2.75, 3.05) is 19.8 Å². The molecule has 3 atom stereocenters. The van der Waals surface area contributed by atoms with Gasteiger partial charge in [-0.15, -0.1) is 0 Å². The maximum Gasteiger partial charge on any atom is 0.169 e. The second-order valence-corrected chi connectivity index (χ2v) is 5.03. The van der Waals surface area contributed by atoms with Crippen LogP contribution in [0.3, 0.4) is 0 Å². The Kier molecular flexibility index (Phi) is 4.62. The van der Waals surface area contributed by atoms with Gasteiger partial charge in [0, 0.05) is 25.8 Å². The lowest BCUT2D eigenvalue weighted by atomic mass is 9.95. The van der Waals surface area contributed by atoms with Crippen LogP contribution in [0.4, 0.5) is 0 Å². The zero-order valence-electron chi connectivity index (χ0n) is 10.6. The summed E-state index contributed by atoms with van der Waals surface area (Å²) in [5, 5.41) is 3.63. The van der Waals surface area contributed by atoms with Crippen LogP contribution >= 0.6 is 0 Å². The fourth-order valence-corrected chi connectivity index (χ4v) is 3.28. The first-order valence-electron chi connectivity index (χ1n) is 6.80. The summed E-state index contributed by atoms with van der Waals surface area (Å²) < 4.78 is 11.1. The third kappa shape index (κ3) is 2.96. The Bertz CT molecular complexity index is 204. The van der Waals surface area contributed by atoms with Gasteiger partial charge in [-0.2, -0.15) is 0 Å². The lowest BCUT2D eigenvalue weighted by Crippen LogP contribution is -2.40. The number of ether oxygens (including phenoxy) is 2. The monoisotopic (exact) mass is 227 g/mol. The minimum Gasteiger partial charge on any atom is -0.352 e. The maximum atomic E-state index is 5.54. The van der Waals surface area contributed by atoms with E-state index in [0.29, 0.717) is 0 Å². The van der Waals surface area contributed by atoms with Gasteiger partial charge in [-0.25, -0.2) is 0 Å². The second-order valence-electron chi connectivity index (χ2n) is 5.03. The Balaban J connectivity index is 1.69. The van der Waals surface area contributed by atoms with Gasteiger partial charge in [-0.05, 0) is 44.9 Å². The molecule has 0 radical (unpaired) electrons. The van der Waals surface area contributed by atoms with Gasteiger partial charge in [0.1, 0.15) is 0 Å². The second kappa shape index (κ2) is 5.99. The molecule has 3 heteroatoms. The normalized spacial score (nSPS) is 32.8. The van der Waals surface area contributed by atoms with Crippen LogP contribution in [0.1, 0.15) is 39.5 Å². The average Bonchev–Trinajstić information content (AvgIpc) is 2.88. The molecule has 0 amide bonds. The fraction of sp³-hybridized carbons (Fsp3) is 1.00. The first kappa shape index (κ1) is 12.3. The quantitative estimate of drug-likeness (QED) is 0.676. The number of fused-ring (bicyclic) bond motifs is 2. The molecule has 0 spiro atoms. The van der Waals surface area contributed by atoms with Crippen LogP contribution in [0, 0.1) is 11.8 Å². The highest BCUT2D eigenvalue weighted by Gasteiger charge is 2.39. The molecule has 94 valence electrons. The minimum absolute atomic E-state index is 0.0610. The summed E-state index contributed by atoms with van der Waals surface area (Å²) in [6.45, 7) is 6.33. The van der Waals surface area contributed by atoms with Crippen LogP contribution in [0.2, 0.25) is 0 Å². The van der Waals surface area contributed by atoms with Gasteiger partial charge in [0.05, 0.1) is 0 Å². The van der Waals surface area contributed by atoms with Crippen LogP contribution < -0.4 is 5.32 Å². The molecular weight excluding hydrogens is 202 g/mol. The van der Waals surface area contributed by atoms with Crippen LogP contribution in [-0.2, 0) is 9.47 Å². The lowest BCUT2D eigenvalue weighted by molar-refractivity contribution is -0.134. The molecule has 0 aliphatic heterocycles. The summed E-state index contributed by atoms with van der Waals surface area (Å²) in [7, 11) is 0. The summed E-state index contributed by atoms with van der Waals surface area (Å²) in [5.41, 5.74) is 0. The summed E-state index contributed by atoms with van der Waals surface area (Å²) in [5.74, 6) is 1.93. The third-order valence-electron chi connectivity index (χ3n) is 3.99. The van der Waals surface area contributed by atoms with E-state index in [4.69, 9.17) is 9.47 Å². The highest BCUT2D eigenvalue weighted by Crippen LogP contribution is 2.44. The number of hydrogen-bond donors (Lipinski definition) is 1. The molecule has 16 heavy (non-hydrogen) atoms. The molecule has 0 heterocycles. The van der Waals surface area contributed by atoms with Crippen molar-refractivity contribution < 1.29 is 9.47 Å². The van der Waals surface area contributed by atoms with E-state index >= 15 is 0 Å². The third-order valence-corrected chi connectivity index (χ3v) is 3.99. The number of nitrogens with one attached hydrogen (secondary N) is 1. The molecule has 2 bridgehead atoms. The van der Waals surface area contributed by atoms with Gasteiger partial charge in [-0.3, -0.25) is 0 Å². The predicted octanol–water partition coefficient (Wildman–Crippen LogP) is 2.16. The molecule has 0 saturated heterocycles. The van der Waals surface area contributed by atoms with Gasteiger partial charge in [-0.1, -0.05) is 6.42 Å².